The maximum Gasteiger partial charge on any atom is 0.348 e. The van der Waals surface area contributed by atoms with Gasteiger partial charge >= 0.3 is 5.97 Å². The summed E-state index contributed by atoms with van der Waals surface area (Å²) < 4.78 is 1.71. The molecule has 0 aliphatic heterocycles. The summed E-state index contributed by atoms with van der Waals surface area (Å²) in [6.07, 6.45) is 9.90. The fourth-order valence-corrected chi connectivity index (χ4v) is 6.14. The molecule has 3 aromatic rings. The Hall–Kier alpha value is -3.46. The monoisotopic (exact) mass is 520 g/mol. The number of thiophene rings is 1. The number of aryl methyl sites for hydroxylation is 1. The first-order valence-corrected chi connectivity index (χ1v) is 13.7. The first-order valence-electron chi connectivity index (χ1n) is 12.9. The highest BCUT2D eigenvalue weighted by molar-refractivity contribution is 7.18. The van der Waals surface area contributed by atoms with E-state index in [1.54, 1.807) is 36.3 Å². The lowest BCUT2D eigenvalue weighted by molar-refractivity contribution is -0.124. The molecule has 2 fully saturated rings. The number of anilines is 2. The van der Waals surface area contributed by atoms with Gasteiger partial charge in [-0.1, -0.05) is 19.1 Å². The predicted octanol–water partition coefficient (Wildman–Crippen LogP) is 5.81. The van der Waals surface area contributed by atoms with Gasteiger partial charge in [0.1, 0.15) is 10.6 Å². The number of amides is 2. The van der Waals surface area contributed by atoms with Crippen molar-refractivity contribution in [1.29, 1.82) is 0 Å². The Bertz CT molecular complexity index is 1300. The number of aromatic carboxylic acids is 1. The van der Waals surface area contributed by atoms with Gasteiger partial charge in [-0.25, -0.2) is 9.78 Å². The Balaban J connectivity index is 1.40. The number of hydrogen-bond donors (Lipinski definition) is 2. The molecule has 2 aliphatic rings. The predicted molar refractivity (Wildman–Crippen MR) is 144 cm³/mol. The number of carbonyl (C=O) groups excluding carboxylic acids is 2. The van der Waals surface area contributed by atoms with Crippen molar-refractivity contribution in [2.75, 3.05) is 10.2 Å². The minimum absolute atomic E-state index is 0.0382. The number of aromatic nitrogens is 2. The van der Waals surface area contributed by atoms with Crippen LogP contribution in [0.5, 0.6) is 0 Å². The molecule has 0 spiro atoms. The minimum atomic E-state index is -1.01. The van der Waals surface area contributed by atoms with Crippen molar-refractivity contribution >= 4 is 40.5 Å². The third kappa shape index (κ3) is 5.32. The molecule has 2 N–H and O–H groups in total. The van der Waals surface area contributed by atoms with Crippen LogP contribution in [0.1, 0.15) is 72.0 Å². The molecule has 8 nitrogen and oxygen atoms in total. The fourth-order valence-electron chi connectivity index (χ4n) is 5.14. The van der Waals surface area contributed by atoms with Crippen LogP contribution in [0.3, 0.4) is 0 Å². The number of hydrogen-bond acceptors (Lipinski definition) is 5. The summed E-state index contributed by atoms with van der Waals surface area (Å²) in [6, 6.07) is 9.21. The topological polar surface area (TPSA) is 105 Å². The maximum absolute atomic E-state index is 13.7. The zero-order chi connectivity index (χ0) is 26.1. The molecule has 5 rings (SSSR count). The van der Waals surface area contributed by atoms with Crippen LogP contribution in [0.2, 0.25) is 0 Å². The summed E-state index contributed by atoms with van der Waals surface area (Å²) in [6.45, 7) is 2.23. The number of carboxylic acids is 1. The molecule has 2 aliphatic carbocycles. The van der Waals surface area contributed by atoms with Crippen LogP contribution in [-0.2, 0) is 11.8 Å². The van der Waals surface area contributed by atoms with Crippen LogP contribution in [-0.4, -0.2) is 38.5 Å². The second kappa shape index (κ2) is 10.5. The quantitative estimate of drug-likeness (QED) is 0.409. The van der Waals surface area contributed by atoms with E-state index in [1.807, 2.05) is 23.1 Å². The average Bonchev–Trinajstić information content (AvgIpc) is 3.49. The number of carboxylic acid groups (broad SMARTS) is 1. The lowest BCUT2D eigenvalue weighted by Crippen LogP contribution is -2.48. The molecule has 0 bridgehead atoms. The van der Waals surface area contributed by atoms with E-state index in [0.29, 0.717) is 23.0 Å². The van der Waals surface area contributed by atoms with Gasteiger partial charge in [0.2, 0.25) is 5.91 Å². The molecule has 9 heteroatoms. The van der Waals surface area contributed by atoms with E-state index in [1.165, 1.54) is 11.3 Å². The Labute approximate surface area is 220 Å². The van der Waals surface area contributed by atoms with Crippen LogP contribution in [0, 0.1) is 11.8 Å². The van der Waals surface area contributed by atoms with E-state index in [9.17, 15) is 19.5 Å². The van der Waals surface area contributed by atoms with Crippen molar-refractivity contribution < 1.29 is 19.5 Å². The molecule has 1 aromatic carbocycles. The second-order valence-corrected chi connectivity index (χ2v) is 11.4. The molecule has 37 heavy (non-hydrogen) atoms. The summed E-state index contributed by atoms with van der Waals surface area (Å²) >= 11 is 1.19. The maximum atomic E-state index is 13.7. The highest BCUT2D eigenvalue weighted by atomic mass is 32.1. The molecule has 2 aromatic heterocycles. The first-order chi connectivity index (χ1) is 17.8. The number of benzene rings is 1. The highest BCUT2D eigenvalue weighted by Gasteiger charge is 2.38. The van der Waals surface area contributed by atoms with Crippen molar-refractivity contribution in [3.05, 3.63) is 53.4 Å². The van der Waals surface area contributed by atoms with E-state index >= 15 is 0 Å². The van der Waals surface area contributed by atoms with Gasteiger partial charge in [-0.2, -0.15) is 0 Å². The molecule has 0 unspecified atom stereocenters. The van der Waals surface area contributed by atoms with Gasteiger partial charge in [0, 0.05) is 35.8 Å². The largest absolute Gasteiger partial charge is 0.477 e. The minimum Gasteiger partial charge on any atom is -0.477 e. The molecular formula is C28H32N4O4S. The van der Waals surface area contributed by atoms with Gasteiger partial charge in [-0.15, -0.1) is 11.3 Å². The van der Waals surface area contributed by atoms with E-state index in [4.69, 9.17) is 0 Å². The third-order valence-electron chi connectivity index (χ3n) is 7.57. The summed E-state index contributed by atoms with van der Waals surface area (Å²) in [5.74, 6) is -0.633. The van der Waals surface area contributed by atoms with E-state index < -0.39 is 5.97 Å². The summed E-state index contributed by atoms with van der Waals surface area (Å²) in [7, 11) is 1.80. The first kappa shape index (κ1) is 25.2. The molecule has 0 radical (unpaired) electrons. The van der Waals surface area contributed by atoms with Gasteiger partial charge in [-0.05, 0) is 74.6 Å². The standard InChI is InChI=1S/C28H32N4O4S/c1-17-6-8-19(9-7-17)27(34)32(21-4-3-5-21)23-14-24(37-25(23)28(35)36)18-10-12-20(13-11-18)30-26(33)22-15-31(2)16-29-22/h10-17,19,21H,3-9H2,1-2H3,(H,30,33)(H,35,36). The Morgan fingerprint density at radius 3 is 2.35 bits per heavy atom. The van der Waals surface area contributed by atoms with E-state index in [2.05, 4.69) is 17.2 Å². The van der Waals surface area contributed by atoms with Crippen molar-refractivity contribution in [2.24, 2.45) is 18.9 Å². The number of rotatable bonds is 7. The van der Waals surface area contributed by atoms with Gasteiger partial charge in [0.15, 0.2) is 0 Å². The lowest BCUT2D eigenvalue weighted by atomic mass is 9.81. The number of carbonyl (C=O) groups is 3. The normalized spacial score (nSPS) is 19.7. The second-order valence-electron chi connectivity index (χ2n) is 10.3. The van der Waals surface area contributed by atoms with Crippen molar-refractivity contribution in [2.45, 2.75) is 57.9 Å². The Morgan fingerprint density at radius 1 is 1.08 bits per heavy atom. The van der Waals surface area contributed by atoms with Crippen LogP contribution in [0.15, 0.2) is 42.9 Å². The summed E-state index contributed by atoms with van der Waals surface area (Å²) in [5.41, 5.74) is 2.30. The third-order valence-corrected chi connectivity index (χ3v) is 8.73. The number of imidazole rings is 1. The lowest BCUT2D eigenvalue weighted by Gasteiger charge is -2.40. The van der Waals surface area contributed by atoms with E-state index in [0.717, 1.165) is 55.4 Å². The van der Waals surface area contributed by atoms with Crippen LogP contribution >= 0.6 is 11.3 Å². The smallest absolute Gasteiger partial charge is 0.348 e. The number of nitrogens with zero attached hydrogens (tertiary/aromatic N) is 3. The molecule has 194 valence electrons. The molecular weight excluding hydrogens is 488 g/mol. The van der Waals surface area contributed by atoms with Crippen LogP contribution in [0.25, 0.3) is 10.4 Å². The van der Waals surface area contributed by atoms with Crippen molar-refractivity contribution in [3.8, 4) is 10.4 Å². The van der Waals surface area contributed by atoms with Gasteiger partial charge < -0.3 is 19.9 Å². The van der Waals surface area contributed by atoms with Crippen molar-refractivity contribution in [1.82, 2.24) is 9.55 Å². The van der Waals surface area contributed by atoms with Gasteiger partial charge in [-0.3, -0.25) is 9.59 Å². The van der Waals surface area contributed by atoms with Gasteiger partial charge in [0.05, 0.1) is 12.0 Å². The molecule has 0 atom stereocenters. The van der Waals surface area contributed by atoms with E-state index in [-0.39, 0.29) is 28.7 Å². The molecule has 2 heterocycles. The fraction of sp³-hybridized carbons (Fsp3) is 0.429. The average molecular weight is 521 g/mol. The Kier molecular flexibility index (Phi) is 7.15. The molecule has 2 amide bonds. The Morgan fingerprint density at radius 2 is 1.78 bits per heavy atom. The highest BCUT2D eigenvalue weighted by Crippen LogP contribution is 2.42. The zero-order valence-electron chi connectivity index (χ0n) is 21.1. The molecule has 0 saturated heterocycles. The van der Waals surface area contributed by atoms with Crippen molar-refractivity contribution in [3.63, 3.8) is 0 Å². The SMILES string of the molecule is CC1CCC(C(=O)N(c2cc(-c3ccc(NC(=O)c4cn(C)cn4)cc3)sc2C(=O)O)C2CCC2)CC1. The zero-order valence-corrected chi connectivity index (χ0v) is 22.0. The number of nitrogens with one attached hydrogen (secondary N) is 1. The van der Waals surface area contributed by atoms with Crippen LogP contribution in [0.4, 0.5) is 11.4 Å². The van der Waals surface area contributed by atoms with Gasteiger partial charge in [0.25, 0.3) is 5.91 Å². The molecule has 2 saturated carbocycles. The summed E-state index contributed by atoms with van der Waals surface area (Å²) in [4.78, 5) is 45.3. The summed E-state index contributed by atoms with van der Waals surface area (Å²) in [5, 5.41) is 12.9. The van der Waals surface area contributed by atoms with Crippen LogP contribution < -0.4 is 10.2 Å².